The van der Waals surface area contributed by atoms with Crippen LogP contribution in [0.15, 0.2) is 11.1 Å². The van der Waals surface area contributed by atoms with Gasteiger partial charge in [0.1, 0.15) is 11.6 Å². The van der Waals surface area contributed by atoms with Crippen LogP contribution in [0.3, 0.4) is 0 Å². The van der Waals surface area contributed by atoms with Gasteiger partial charge < -0.3 is 4.74 Å². The molecule has 1 fully saturated rings. The van der Waals surface area contributed by atoms with Crippen molar-refractivity contribution in [3.05, 3.63) is 45.5 Å². The van der Waals surface area contributed by atoms with Crippen molar-refractivity contribution in [2.75, 3.05) is 5.75 Å². The normalized spacial score (nSPS) is 20.4. The number of halogens is 8. The fraction of sp³-hybridized carbons (Fsp3) is 0.450. The number of hydrogen-bond donors (Lipinski definition) is 0. The summed E-state index contributed by atoms with van der Waals surface area (Å²) in [6.45, 7) is 1.81. The standard InChI is InChI=1S/C20H16ClF7O2S/c1-4-5-31-8-10-16(24)14(22)9(15(23)17(10)25)7-30-18(29)13-11(19(13,2)3)6-12(21)20(26,27)28/h1,6,11,13H,5,7-8H2,2-3H3/b12-6-/t11-,13-/m1/s1. The van der Waals surface area contributed by atoms with Gasteiger partial charge in [-0.15, -0.1) is 18.2 Å². The van der Waals surface area contributed by atoms with Gasteiger partial charge in [0, 0.05) is 11.3 Å². The molecule has 0 spiro atoms. The number of allylic oxidation sites excluding steroid dienone is 2. The van der Waals surface area contributed by atoms with Crippen LogP contribution in [0.25, 0.3) is 0 Å². The van der Waals surface area contributed by atoms with Gasteiger partial charge >= 0.3 is 12.1 Å². The number of rotatable bonds is 7. The highest BCUT2D eigenvalue weighted by Gasteiger charge is 2.62. The van der Waals surface area contributed by atoms with Crippen molar-refractivity contribution in [1.29, 1.82) is 0 Å². The summed E-state index contributed by atoms with van der Waals surface area (Å²) in [4.78, 5) is 12.2. The van der Waals surface area contributed by atoms with E-state index in [0.29, 0.717) is 6.08 Å². The van der Waals surface area contributed by atoms with Crippen molar-refractivity contribution in [1.82, 2.24) is 0 Å². The molecule has 11 heteroatoms. The number of terminal acetylenes is 1. The highest BCUT2D eigenvalue weighted by molar-refractivity contribution is 7.98. The van der Waals surface area contributed by atoms with Crippen LogP contribution in [0.5, 0.6) is 0 Å². The van der Waals surface area contributed by atoms with Crippen molar-refractivity contribution in [3.8, 4) is 12.3 Å². The zero-order valence-electron chi connectivity index (χ0n) is 16.2. The van der Waals surface area contributed by atoms with Gasteiger partial charge in [-0.2, -0.15) is 13.2 Å². The van der Waals surface area contributed by atoms with E-state index in [2.05, 4.69) is 5.92 Å². The molecule has 1 aromatic carbocycles. The highest BCUT2D eigenvalue weighted by Crippen LogP contribution is 2.60. The van der Waals surface area contributed by atoms with Crippen LogP contribution in [0.2, 0.25) is 0 Å². The predicted octanol–water partition coefficient (Wildman–Crippen LogP) is 6.11. The minimum absolute atomic E-state index is 0.0621. The summed E-state index contributed by atoms with van der Waals surface area (Å²) < 4.78 is 99.3. The highest BCUT2D eigenvalue weighted by atomic mass is 35.5. The van der Waals surface area contributed by atoms with Gasteiger partial charge in [-0.05, 0) is 11.3 Å². The zero-order chi connectivity index (χ0) is 23.7. The van der Waals surface area contributed by atoms with E-state index < -0.39 is 81.2 Å². The Balaban J connectivity index is 2.16. The second-order valence-electron chi connectivity index (χ2n) is 7.35. The lowest BCUT2D eigenvalue weighted by Crippen LogP contribution is -2.14. The van der Waals surface area contributed by atoms with E-state index in [1.54, 1.807) is 0 Å². The van der Waals surface area contributed by atoms with Gasteiger partial charge in [-0.25, -0.2) is 17.6 Å². The summed E-state index contributed by atoms with van der Waals surface area (Å²) in [7, 11) is 0. The van der Waals surface area contributed by atoms with E-state index in [1.807, 2.05) is 0 Å². The monoisotopic (exact) mass is 488 g/mol. The summed E-state index contributed by atoms with van der Waals surface area (Å²) in [6.07, 6.45) is 0.873. The molecular weight excluding hydrogens is 473 g/mol. The molecule has 1 saturated carbocycles. The molecule has 0 N–H and O–H groups in total. The fourth-order valence-corrected chi connectivity index (χ4v) is 3.93. The van der Waals surface area contributed by atoms with Crippen molar-refractivity contribution in [2.24, 2.45) is 17.3 Å². The number of carbonyl (C=O) groups is 1. The van der Waals surface area contributed by atoms with E-state index >= 15 is 0 Å². The molecule has 170 valence electrons. The van der Waals surface area contributed by atoms with E-state index in [1.165, 1.54) is 13.8 Å². The first-order valence-corrected chi connectivity index (χ1v) is 10.2. The van der Waals surface area contributed by atoms with Crippen molar-refractivity contribution < 1.29 is 40.3 Å². The average molecular weight is 489 g/mol. The molecule has 1 aliphatic carbocycles. The minimum Gasteiger partial charge on any atom is -0.460 e. The van der Waals surface area contributed by atoms with Crippen LogP contribution >= 0.6 is 23.4 Å². The first-order valence-electron chi connectivity index (χ1n) is 8.71. The lowest BCUT2D eigenvalue weighted by molar-refractivity contribution is -0.147. The van der Waals surface area contributed by atoms with Gasteiger partial charge in [0.25, 0.3) is 0 Å². The van der Waals surface area contributed by atoms with Crippen LogP contribution in [0, 0.1) is 52.9 Å². The van der Waals surface area contributed by atoms with Gasteiger partial charge in [-0.1, -0.05) is 37.4 Å². The molecule has 0 bridgehead atoms. The van der Waals surface area contributed by atoms with Gasteiger partial charge in [0.2, 0.25) is 0 Å². The molecule has 1 aliphatic rings. The first kappa shape index (κ1) is 25.4. The third kappa shape index (κ3) is 5.32. The lowest BCUT2D eigenvalue weighted by Gasteiger charge is -2.12. The van der Waals surface area contributed by atoms with Crippen LogP contribution in [-0.2, 0) is 21.9 Å². The zero-order valence-corrected chi connectivity index (χ0v) is 17.8. The fourth-order valence-electron chi connectivity index (χ4n) is 3.11. The van der Waals surface area contributed by atoms with E-state index in [-0.39, 0.29) is 5.75 Å². The van der Waals surface area contributed by atoms with Crippen molar-refractivity contribution in [2.45, 2.75) is 32.4 Å². The van der Waals surface area contributed by atoms with Crippen LogP contribution in [0.4, 0.5) is 30.7 Å². The third-order valence-electron chi connectivity index (χ3n) is 5.00. The molecule has 0 amide bonds. The maximum Gasteiger partial charge on any atom is 0.426 e. The molecule has 0 aliphatic heterocycles. The molecule has 0 aromatic heterocycles. The van der Waals surface area contributed by atoms with Gasteiger partial charge in [0.05, 0.1) is 17.2 Å². The number of thioether (sulfide) groups is 1. The molecular formula is C20H16ClF7O2S. The Kier molecular flexibility index (Phi) is 7.64. The third-order valence-corrected chi connectivity index (χ3v) is 6.20. The Bertz CT molecular complexity index is 921. The van der Waals surface area contributed by atoms with E-state index in [4.69, 9.17) is 22.8 Å². The summed E-state index contributed by atoms with van der Waals surface area (Å²) >= 11 is 6.05. The maximum absolute atomic E-state index is 14.2. The molecule has 0 radical (unpaired) electrons. The number of carbonyl (C=O) groups excluding carboxylic acids is 1. The second-order valence-corrected chi connectivity index (χ2v) is 8.75. The number of hydrogen-bond acceptors (Lipinski definition) is 3. The number of esters is 1. The Labute approximate surface area is 183 Å². The Morgan fingerprint density at radius 2 is 1.68 bits per heavy atom. The summed E-state index contributed by atoms with van der Waals surface area (Å²) in [5.74, 6) is -7.99. The van der Waals surface area contributed by atoms with Crippen LogP contribution < -0.4 is 0 Å². The van der Waals surface area contributed by atoms with Gasteiger partial charge in [0.15, 0.2) is 23.3 Å². The number of alkyl halides is 3. The first-order chi connectivity index (χ1) is 14.2. The number of benzene rings is 1. The second kappa shape index (κ2) is 9.33. The minimum atomic E-state index is -4.80. The summed E-state index contributed by atoms with van der Waals surface area (Å²) in [5.41, 5.74) is -2.96. The molecule has 1 aromatic rings. The van der Waals surface area contributed by atoms with Crippen LogP contribution in [0.1, 0.15) is 25.0 Å². The van der Waals surface area contributed by atoms with E-state index in [9.17, 15) is 35.5 Å². The molecule has 2 atom stereocenters. The molecule has 2 nitrogen and oxygen atoms in total. The van der Waals surface area contributed by atoms with Gasteiger partial charge in [-0.3, -0.25) is 4.79 Å². The van der Waals surface area contributed by atoms with Crippen molar-refractivity contribution >= 4 is 29.3 Å². The lowest BCUT2D eigenvalue weighted by atomic mass is 10.1. The summed E-state index contributed by atoms with van der Waals surface area (Å²) in [5, 5.41) is -1.42. The Hall–Kier alpha value is -1.86. The maximum atomic E-state index is 14.2. The van der Waals surface area contributed by atoms with E-state index in [0.717, 1.165) is 11.8 Å². The quantitative estimate of drug-likeness (QED) is 0.152. The SMILES string of the molecule is C#CCSCc1c(F)c(F)c(COC(=O)[C@H]2[C@@H](/C=C(\Cl)C(F)(F)F)C2(C)C)c(F)c1F. The molecule has 0 saturated heterocycles. The molecule has 0 unspecified atom stereocenters. The largest absolute Gasteiger partial charge is 0.460 e. The Morgan fingerprint density at radius 1 is 1.16 bits per heavy atom. The topological polar surface area (TPSA) is 26.3 Å². The molecule has 2 rings (SSSR count). The van der Waals surface area contributed by atoms with Crippen molar-refractivity contribution in [3.63, 3.8) is 0 Å². The summed E-state index contributed by atoms with van der Waals surface area (Å²) in [6, 6.07) is 0. The number of ether oxygens (including phenoxy) is 1. The predicted molar refractivity (Wildman–Crippen MR) is 102 cm³/mol. The molecule has 0 heterocycles. The average Bonchev–Trinajstić information content (AvgIpc) is 3.22. The van der Waals surface area contributed by atoms with Crippen LogP contribution in [-0.4, -0.2) is 17.9 Å². The Morgan fingerprint density at radius 3 is 2.16 bits per heavy atom. The smallest absolute Gasteiger partial charge is 0.426 e. The molecule has 31 heavy (non-hydrogen) atoms.